The maximum atomic E-state index is 12.8. The minimum atomic E-state index is -0.782. The van der Waals surface area contributed by atoms with Crippen molar-refractivity contribution in [3.8, 4) is 0 Å². The maximum absolute atomic E-state index is 12.8. The number of rotatable bonds is 52. The van der Waals surface area contributed by atoms with Gasteiger partial charge in [-0.05, 0) is 83.5 Å². The van der Waals surface area contributed by atoms with Gasteiger partial charge in [-0.1, -0.05) is 243 Å². The molecule has 0 rings (SSSR count). The fourth-order valence-electron chi connectivity index (χ4n) is 8.21. The Balaban J connectivity index is 4.40. The van der Waals surface area contributed by atoms with Crippen molar-refractivity contribution in [1.29, 1.82) is 0 Å². The summed E-state index contributed by atoms with van der Waals surface area (Å²) in [6.45, 7) is 6.62. The summed E-state index contributed by atoms with van der Waals surface area (Å²) in [5.74, 6) is -0.892. The molecule has 6 heteroatoms. The van der Waals surface area contributed by atoms with Crippen molar-refractivity contribution in [3.63, 3.8) is 0 Å². The van der Waals surface area contributed by atoms with Crippen molar-refractivity contribution in [2.24, 2.45) is 0 Å². The number of carbonyl (C=O) groups excluding carboxylic acids is 3. The Morgan fingerprint density at radius 3 is 0.894 bits per heavy atom. The van der Waals surface area contributed by atoms with Crippen LogP contribution in [0.4, 0.5) is 0 Å². The number of unbranched alkanes of at least 4 members (excludes halogenated alkanes) is 33. The van der Waals surface area contributed by atoms with Crippen LogP contribution in [0.15, 0.2) is 48.6 Å². The van der Waals surface area contributed by atoms with Crippen molar-refractivity contribution in [3.05, 3.63) is 48.6 Å². The summed E-state index contributed by atoms with van der Waals surface area (Å²) in [5.41, 5.74) is 0. The molecule has 6 nitrogen and oxygen atoms in total. The first-order chi connectivity index (χ1) is 32.5. The van der Waals surface area contributed by atoms with E-state index >= 15 is 0 Å². The number of carbonyl (C=O) groups is 3. The molecule has 0 unspecified atom stereocenters. The zero-order valence-electron chi connectivity index (χ0n) is 44.0. The van der Waals surface area contributed by atoms with Gasteiger partial charge in [-0.2, -0.15) is 0 Å². The zero-order valence-corrected chi connectivity index (χ0v) is 44.0. The van der Waals surface area contributed by atoms with Crippen LogP contribution in [0.2, 0.25) is 0 Å². The van der Waals surface area contributed by atoms with Crippen LogP contribution in [0.5, 0.6) is 0 Å². The lowest BCUT2D eigenvalue weighted by Gasteiger charge is -2.18. The molecule has 0 aliphatic carbocycles. The van der Waals surface area contributed by atoms with Gasteiger partial charge in [0.05, 0.1) is 0 Å². The molecule has 384 valence electrons. The predicted octanol–water partition coefficient (Wildman–Crippen LogP) is 19.0. The van der Waals surface area contributed by atoms with Crippen molar-refractivity contribution in [1.82, 2.24) is 0 Å². The van der Waals surface area contributed by atoms with Gasteiger partial charge in [0.15, 0.2) is 6.10 Å². The number of allylic oxidation sites excluding steroid dienone is 8. The van der Waals surface area contributed by atoms with E-state index in [9.17, 15) is 14.4 Å². The van der Waals surface area contributed by atoms with Crippen LogP contribution in [0.25, 0.3) is 0 Å². The first kappa shape index (κ1) is 63.4. The second kappa shape index (κ2) is 55.0. The highest BCUT2D eigenvalue weighted by molar-refractivity contribution is 5.71. The third-order valence-electron chi connectivity index (χ3n) is 12.6. The largest absolute Gasteiger partial charge is 0.462 e. The highest BCUT2D eigenvalue weighted by Crippen LogP contribution is 2.16. The molecule has 0 aromatic heterocycles. The molecule has 0 aliphatic heterocycles. The third kappa shape index (κ3) is 52.3. The maximum Gasteiger partial charge on any atom is 0.306 e. The second-order valence-electron chi connectivity index (χ2n) is 19.2. The van der Waals surface area contributed by atoms with Gasteiger partial charge in [0.1, 0.15) is 13.2 Å². The minimum Gasteiger partial charge on any atom is -0.462 e. The van der Waals surface area contributed by atoms with Crippen molar-refractivity contribution in [2.75, 3.05) is 13.2 Å². The van der Waals surface area contributed by atoms with Gasteiger partial charge in [0.25, 0.3) is 0 Å². The Bertz CT molecular complexity index is 1150. The molecule has 0 saturated carbocycles. The Morgan fingerprint density at radius 2 is 0.545 bits per heavy atom. The lowest BCUT2D eigenvalue weighted by Crippen LogP contribution is -2.30. The van der Waals surface area contributed by atoms with E-state index in [4.69, 9.17) is 14.2 Å². The van der Waals surface area contributed by atoms with Crippen molar-refractivity contribution < 1.29 is 28.6 Å². The standard InChI is InChI=1S/C60H108O6/c1-4-7-10-13-16-19-22-25-28-30-32-35-38-41-44-47-50-53-59(62)65-56-57(55-64-58(61)52-49-46-43-40-37-34-27-24-21-18-15-12-9-6-3)66-60(63)54-51-48-45-42-39-36-33-31-29-26-23-20-17-14-11-8-5-2/h16,19,25-26,28-29,32,35,57H,4-15,17-18,20-24,27,30-31,33-34,36-56H2,1-3H3/b19-16+,28-25+,29-26+,35-32+/t57-/m1/s1. The topological polar surface area (TPSA) is 78.9 Å². The molecule has 0 radical (unpaired) electrons. The van der Waals surface area contributed by atoms with Crippen LogP contribution in [0.1, 0.15) is 297 Å². The molecule has 0 aliphatic rings. The number of hydrogen-bond acceptors (Lipinski definition) is 6. The molecule has 0 heterocycles. The lowest BCUT2D eigenvalue weighted by molar-refractivity contribution is -0.167. The molecule has 0 aromatic rings. The molecule has 66 heavy (non-hydrogen) atoms. The zero-order chi connectivity index (χ0) is 47.9. The van der Waals surface area contributed by atoms with Crippen LogP contribution < -0.4 is 0 Å². The summed E-state index contributed by atoms with van der Waals surface area (Å²) in [4.78, 5) is 38.1. The fraction of sp³-hybridized carbons (Fsp3) is 0.817. The summed E-state index contributed by atoms with van der Waals surface area (Å²) in [6.07, 6.45) is 66.6. The van der Waals surface area contributed by atoms with Gasteiger partial charge in [-0.25, -0.2) is 0 Å². The van der Waals surface area contributed by atoms with E-state index in [2.05, 4.69) is 69.4 Å². The van der Waals surface area contributed by atoms with E-state index in [1.54, 1.807) is 0 Å². The number of ether oxygens (including phenoxy) is 3. The van der Waals surface area contributed by atoms with Gasteiger partial charge >= 0.3 is 17.9 Å². The molecule has 0 bridgehead atoms. The van der Waals surface area contributed by atoms with Crippen LogP contribution in [0, 0.1) is 0 Å². The first-order valence-corrected chi connectivity index (χ1v) is 28.6. The van der Waals surface area contributed by atoms with Crippen LogP contribution >= 0.6 is 0 Å². The van der Waals surface area contributed by atoms with E-state index < -0.39 is 6.10 Å². The van der Waals surface area contributed by atoms with Gasteiger partial charge in [-0.15, -0.1) is 0 Å². The normalized spacial score (nSPS) is 12.3. The second-order valence-corrected chi connectivity index (χ2v) is 19.2. The average molecular weight is 926 g/mol. The van der Waals surface area contributed by atoms with E-state index in [0.29, 0.717) is 19.3 Å². The molecular weight excluding hydrogens is 817 g/mol. The molecule has 0 N–H and O–H groups in total. The molecule has 0 fully saturated rings. The Labute approximate surface area is 409 Å². The van der Waals surface area contributed by atoms with Crippen LogP contribution in [0.3, 0.4) is 0 Å². The van der Waals surface area contributed by atoms with E-state index in [0.717, 1.165) is 83.5 Å². The van der Waals surface area contributed by atoms with Crippen LogP contribution in [-0.2, 0) is 28.6 Å². The van der Waals surface area contributed by atoms with E-state index in [1.165, 1.54) is 173 Å². The Morgan fingerprint density at radius 1 is 0.303 bits per heavy atom. The van der Waals surface area contributed by atoms with Crippen LogP contribution in [-0.4, -0.2) is 37.2 Å². The molecular formula is C60H108O6. The highest BCUT2D eigenvalue weighted by atomic mass is 16.6. The summed E-state index contributed by atoms with van der Waals surface area (Å²) < 4.78 is 16.9. The number of hydrogen-bond donors (Lipinski definition) is 0. The molecule has 1 atom stereocenters. The summed E-state index contributed by atoms with van der Waals surface area (Å²) in [7, 11) is 0. The molecule has 0 aromatic carbocycles. The smallest absolute Gasteiger partial charge is 0.306 e. The first-order valence-electron chi connectivity index (χ1n) is 28.6. The van der Waals surface area contributed by atoms with Crippen molar-refractivity contribution >= 4 is 17.9 Å². The summed E-state index contributed by atoms with van der Waals surface area (Å²) in [6, 6.07) is 0. The van der Waals surface area contributed by atoms with E-state index in [1.807, 2.05) is 0 Å². The predicted molar refractivity (Wildman–Crippen MR) is 284 cm³/mol. The van der Waals surface area contributed by atoms with Gasteiger partial charge < -0.3 is 14.2 Å². The Hall–Kier alpha value is -2.63. The Kier molecular flexibility index (Phi) is 52.8. The SMILES string of the molecule is CCCCC/C=C/C/C=C/C/C=C/CCCCCCC(=O)OC[C@@H](COC(=O)CCCCCCCCCCCCCCCC)OC(=O)CCCCCCCCC/C=C/CCCCCCCC. The highest BCUT2D eigenvalue weighted by Gasteiger charge is 2.19. The molecule has 0 saturated heterocycles. The van der Waals surface area contributed by atoms with E-state index in [-0.39, 0.29) is 31.1 Å². The van der Waals surface area contributed by atoms with Crippen molar-refractivity contribution in [2.45, 2.75) is 303 Å². The molecule has 0 spiro atoms. The van der Waals surface area contributed by atoms with Gasteiger partial charge in [-0.3, -0.25) is 14.4 Å². The van der Waals surface area contributed by atoms with Gasteiger partial charge in [0.2, 0.25) is 0 Å². The summed E-state index contributed by atoms with van der Waals surface area (Å²) >= 11 is 0. The minimum absolute atomic E-state index is 0.0792. The molecule has 0 amide bonds. The lowest BCUT2D eigenvalue weighted by atomic mass is 10.0. The van der Waals surface area contributed by atoms with Gasteiger partial charge in [0, 0.05) is 19.3 Å². The average Bonchev–Trinajstić information content (AvgIpc) is 3.31. The quantitative estimate of drug-likeness (QED) is 0.0262. The monoisotopic (exact) mass is 925 g/mol. The summed E-state index contributed by atoms with van der Waals surface area (Å²) in [5, 5.41) is 0. The third-order valence-corrected chi connectivity index (χ3v) is 12.6. The number of esters is 3. The fourth-order valence-corrected chi connectivity index (χ4v) is 8.21.